The predicted molar refractivity (Wildman–Crippen MR) is 101 cm³/mol. The molecule has 0 bridgehead atoms. The molecule has 0 aliphatic heterocycles. The Bertz CT molecular complexity index is 739. The summed E-state index contributed by atoms with van der Waals surface area (Å²) in [6, 6.07) is 6.05. The minimum absolute atomic E-state index is 0.00800. The fourth-order valence-corrected chi connectivity index (χ4v) is 2.36. The molecule has 0 radical (unpaired) electrons. The third kappa shape index (κ3) is 9.33. The van der Waals surface area contributed by atoms with Gasteiger partial charge in [0.25, 0.3) is 0 Å². The van der Waals surface area contributed by atoms with Crippen molar-refractivity contribution in [2.24, 2.45) is 5.73 Å². The van der Waals surface area contributed by atoms with Crippen molar-refractivity contribution in [2.75, 3.05) is 13.1 Å². The second-order valence-electron chi connectivity index (χ2n) is 6.12. The zero-order chi connectivity index (χ0) is 21.8. The lowest BCUT2D eigenvalue weighted by atomic mass is 10.0. The fourth-order valence-electron chi connectivity index (χ4n) is 2.36. The van der Waals surface area contributed by atoms with Gasteiger partial charge in [-0.25, -0.2) is 4.79 Å². The molecule has 3 amide bonds. The highest BCUT2D eigenvalue weighted by Gasteiger charge is 2.27. The number of hydrogen-bond donors (Lipinski definition) is 6. The van der Waals surface area contributed by atoms with Gasteiger partial charge in [-0.3, -0.25) is 19.2 Å². The standard InChI is InChI=1S/C18H24N4O7/c19-9-14(23)20-10-15(24)21-12(6-7-16(25)26)17(27)22-13(18(28)29)8-11-4-2-1-3-5-11/h1-5,12-13H,6-10,19H2,(H,20,23)(H,21,24)(H,22,27)(H,25,26)(H,28,29). The zero-order valence-electron chi connectivity index (χ0n) is 15.6. The van der Waals surface area contributed by atoms with Crippen molar-refractivity contribution in [2.45, 2.75) is 31.3 Å². The number of carbonyl (C=O) groups excluding carboxylic acids is 3. The maximum absolute atomic E-state index is 12.5. The SMILES string of the molecule is NCC(=O)NCC(=O)NC(CCC(=O)O)C(=O)NC(Cc1ccccc1)C(=O)O. The Morgan fingerprint density at radius 3 is 2.14 bits per heavy atom. The van der Waals surface area contributed by atoms with Gasteiger partial charge in [0.1, 0.15) is 12.1 Å². The highest BCUT2D eigenvalue weighted by Crippen LogP contribution is 2.05. The Morgan fingerprint density at radius 2 is 1.59 bits per heavy atom. The first-order chi connectivity index (χ1) is 13.7. The van der Waals surface area contributed by atoms with E-state index in [1.807, 2.05) is 0 Å². The highest BCUT2D eigenvalue weighted by molar-refractivity contribution is 5.92. The molecule has 11 nitrogen and oxygen atoms in total. The molecule has 0 saturated heterocycles. The summed E-state index contributed by atoms with van der Waals surface area (Å²) < 4.78 is 0. The van der Waals surface area contributed by atoms with E-state index in [9.17, 15) is 29.1 Å². The summed E-state index contributed by atoms with van der Waals surface area (Å²) in [7, 11) is 0. The lowest BCUT2D eigenvalue weighted by molar-refractivity contribution is -0.143. The number of hydrogen-bond acceptors (Lipinski definition) is 6. The van der Waals surface area contributed by atoms with E-state index in [1.165, 1.54) is 0 Å². The molecular weight excluding hydrogens is 384 g/mol. The molecule has 11 heteroatoms. The number of aliphatic carboxylic acids is 2. The third-order valence-corrected chi connectivity index (χ3v) is 3.83. The lowest BCUT2D eigenvalue weighted by Crippen LogP contribution is -2.53. The first-order valence-electron chi connectivity index (χ1n) is 8.78. The molecule has 1 aromatic rings. The van der Waals surface area contributed by atoms with Crippen LogP contribution in [0.1, 0.15) is 18.4 Å². The highest BCUT2D eigenvalue weighted by atomic mass is 16.4. The Labute approximate surface area is 166 Å². The molecule has 29 heavy (non-hydrogen) atoms. The van der Waals surface area contributed by atoms with E-state index in [0.29, 0.717) is 5.56 Å². The molecule has 0 saturated carbocycles. The minimum Gasteiger partial charge on any atom is -0.481 e. The number of nitrogens with one attached hydrogen (secondary N) is 3. The molecule has 158 valence electrons. The van der Waals surface area contributed by atoms with Crippen molar-refractivity contribution in [3.05, 3.63) is 35.9 Å². The van der Waals surface area contributed by atoms with Crippen molar-refractivity contribution < 1.29 is 34.2 Å². The summed E-state index contributed by atoms with van der Waals surface area (Å²) >= 11 is 0. The Kier molecular flexibility index (Phi) is 9.82. The second kappa shape index (κ2) is 12.1. The van der Waals surface area contributed by atoms with E-state index in [1.54, 1.807) is 30.3 Å². The van der Waals surface area contributed by atoms with Crippen LogP contribution in [0.15, 0.2) is 30.3 Å². The van der Waals surface area contributed by atoms with E-state index < -0.39 is 54.7 Å². The van der Waals surface area contributed by atoms with Crippen LogP contribution in [0.4, 0.5) is 0 Å². The Hall–Kier alpha value is -3.47. The monoisotopic (exact) mass is 408 g/mol. The van der Waals surface area contributed by atoms with Crippen LogP contribution in [0.3, 0.4) is 0 Å². The molecule has 7 N–H and O–H groups in total. The third-order valence-electron chi connectivity index (χ3n) is 3.83. The van der Waals surface area contributed by atoms with E-state index in [0.717, 1.165) is 0 Å². The normalized spacial score (nSPS) is 12.3. The predicted octanol–water partition coefficient (Wildman–Crippen LogP) is -1.78. The van der Waals surface area contributed by atoms with E-state index in [2.05, 4.69) is 16.0 Å². The van der Waals surface area contributed by atoms with Gasteiger partial charge in [-0.05, 0) is 12.0 Å². The lowest BCUT2D eigenvalue weighted by Gasteiger charge is -2.21. The minimum atomic E-state index is -1.29. The van der Waals surface area contributed by atoms with Gasteiger partial charge in [-0.1, -0.05) is 30.3 Å². The van der Waals surface area contributed by atoms with Gasteiger partial charge in [0, 0.05) is 12.8 Å². The van der Waals surface area contributed by atoms with Crippen molar-refractivity contribution in [1.29, 1.82) is 0 Å². The summed E-state index contributed by atoms with van der Waals surface area (Å²) in [6.45, 7) is -0.782. The molecule has 1 aromatic carbocycles. The molecule has 2 atom stereocenters. The molecular formula is C18H24N4O7. The summed E-state index contributed by atoms with van der Waals surface area (Å²) in [5.41, 5.74) is 5.78. The number of nitrogens with two attached hydrogens (primary N) is 1. The van der Waals surface area contributed by atoms with Crippen LogP contribution in [-0.2, 0) is 30.4 Å². The van der Waals surface area contributed by atoms with Crippen molar-refractivity contribution >= 4 is 29.7 Å². The maximum Gasteiger partial charge on any atom is 0.326 e. The van der Waals surface area contributed by atoms with E-state index in [4.69, 9.17) is 10.8 Å². The molecule has 2 unspecified atom stereocenters. The average molecular weight is 408 g/mol. The number of carbonyl (C=O) groups is 5. The molecule has 0 aromatic heterocycles. The van der Waals surface area contributed by atoms with Crippen LogP contribution in [0.2, 0.25) is 0 Å². The number of carboxylic acids is 2. The summed E-state index contributed by atoms with van der Waals surface area (Å²) in [4.78, 5) is 57.9. The molecule has 0 fully saturated rings. The first kappa shape index (κ1) is 23.6. The summed E-state index contributed by atoms with van der Waals surface area (Å²) in [5, 5.41) is 25.1. The topological polar surface area (TPSA) is 188 Å². The van der Waals surface area contributed by atoms with Gasteiger partial charge in [-0.15, -0.1) is 0 Å². The van der Waals surface area contributed by atoms with Crippen LogP contribution in [0, 0.1) is 0 Å². The molecule has 0 aliphatic rings. The largest absolute Gasteiger partial charge is 0.481 e. The molecule has 0 spiro atoms. The smallest absolute Gasteiger partial charge is 0.326 e. The average Bonchev–Trinajstić information content (AvgIpc) is 2.69. The number of benzene rings is 1. The van der Waals surface area contributed by atoms with E-state index >= 15 is 0 Å². The van der Waals surface area contributed by atoms with Gasteiger partial charge in [-0.2, -0.15) is 0 Å². The van der Waals surface area contributed by atoms with Gasteiger partial charge in [0.05, 0.1) is 13.1 Å². The van der Waals surface area contributed by atoms with Gasteiger partial charge in [0.15, 0.2) is 0 Å². The number of carboxylic acid groups (broad SMARTS) is 2. The van der Waals surface area contributed by atoms with Crippen LogP contribution >= 0.6 is 0 Å². The second-order valence-corrected chi connectivity index (χ2v) is 6.12. The van der Waals surface area contributed by atoms with Gasteiger partial charge >= 0.3 is 11.9 Å². The number of rotatable bonds is 12. The molecule has 0 aliphatic carbocycles. The first-order valence-corrected chi connectivity index (χ1v) is 8.78. The van der Waals surface area contributed by atoms with Crippen LogP contribution in [-0.4, -0.2) is 65.0 Å². The van der Waals surface area contributed by atoms with Gasteiger partial charge < -0.3 is 31.9 Å². The fraction of sp³-hybridized carbons (Fsp3) is 0.389. The van der Waals surface area contributed by atoms with Crippen molar-refractivity contribution in [3.8, 4) is 0 Å². The van der Waals surface area contributed by atoms with Crippen LogP contribution < -0.4 is 21.7 Å². The van der Waals surface area contributed by atoms with Crippen LogP contribution in [0.5, 0.6) is 0 Å². The zero-order valence-corrected chi connectivity index (χ0v) is 15.6. The summed E-state index contributed by atoms with van der Waals surface area (Å²) in [5.74, 6) is -4.63. The van der Waals surface area contributed by atoms with E-state index in [-0.39, 0.29) is 19.4 Å². The maximum atomic E-state index is 12.5. The van der Waals surface area contributed by atoms with Crippen LogP contribution in [0.25, 0.3) is 0 Å². The Morgan fingerprint density at radius 1 is 0.931 bits per heavy atom. The Balaban J connectivity index is 2.79. The summed E-state index contributed by atoms with van der Waals surface area (Å²) in [6.07, 6.45) is -0.673. The van der Waals surface area contributed by atoms with Crippen molar-refractivity contribution in [3.63, 3.8) is 0 Å². The number of amides is 3. The molecule has 0 heterocycles. The van der Waals surface area contributed by atoms with Gasteiger partial charge in [0.2, 0.25) is 17.7 Å². The molecule has 1 rings (SSSR count). The van der Waals surface area contributed by atoms with Crippen molar-refractivity contribution in [1.82, 2.24) is 16.0 Å². The quantitative estimate of drug-likeness (QED) is 0.234.